The zero-order valence-corrected chi connectivity index (χ0v) is 23.1. The number of anilines is 3. The molecule has 0 spiro atoms. The van der Waals surface area contributed by atoms with E-state index in [9.17, 15) is 0 Å². The van der Waals surface area contributed by atoms with Crippen LogP contribution in [0.5, 0.6) is 0 Å². The van der Waals surface area contributed by atoms with E-state index in [1.165, 1.54) is 44.5 Å². The molecule has 1 nitrogen and oxygen atoms in total. The van der Waals surface area contributed by atoms with Gasteiger partial charge in [0.05, 0.1) is 0 Å². The van der Waals surface area contributed by atoms with E-state index >= 15 is 0 Å². The number of hydrogen-bond donors (Lipinski definition) is 0. The molecule has 6 rings (SSSR count). The average Bonchev–Trinajstić information content (AvgIpc) is 3.23. The number of fused-ring (bicyclic) bond motifs is 1. The summed E-state index contributed by atoms with van der Waals surface area (Å²) in [5.74, 6) is 0. The summed E-state index contributed by atoms with van der Waals surface area (Å²) in [6.45, 7) is 12.8. The molecule has 1 aliphatic carbocycles. The average molecular weight is 516 g/mol. The summed E-state index contributed by atoms with van der Waals surface area (Å²) in [4.78, 5) is 2.37. The predicted octanol–water partition coefficient (Wildman–Crippen LogP) is 10.9. The largest absolute Gasteiger partial charge is 0.310 e. The summed E-state index contributed by atoms with van der Waals surface area (Å²) >= 11 is 0. The van der Waals surface area contributed by atoms with Crippen molar-refractivity contribution in [3.05, 3.63) is 169 Å². The van der Waals surface area contributed by atoms with Gasteiger partial charge in [0.25, 0.3) is 0 Å². The van der Waals surface area contributed by atoms with E-state index in [0.29, 0.717) is 0 Å². The van der Waals surface area contributed by atoms with E-state index in [1.807, 2.05) is 12.2 Å². The fourth-order valence-electron chi connectivity index (χ4n) is 5.99. The van der Waals surface area contributed by atoms with Gasteiger partial charge in [0, 0.05) is 22.5 Å². The van der Waals surface area contributed by atoms with Crippen molar-refractivity contribution in [1.82, 2.24) is 0 Å². The summed E-state index contributed by atoms with van der Waals surface area (Å²) in [5, 5.41) is 0. The van der Waals surface area contributed by atoms with Crippen molar-refractivity contribution in [3.8, 4) is 22.3 Å². The molecule has 0 aromatic heterocycles. The van der Waals surface area contributed by atoms with Crippen LogP contribution >= 0.6 is 0 Å². The smallest absolute Gasteiger partial charge is 0.0467 e. The van der Waals surface area contributed by atoms with Gasteiger partial charge >= 0.3 is 0 Å². The lowest BCUT2D eigenvalue weighted by atomic mass is 9.81. The first-order valence-corrected chi connectivity index (χ1v) is 13.8. The molecular formula is C39H33N. The highest BCUT2D eigenvalue weighted by atomic mass is 15.1. The molecule has 0 amide bonds. The molecule has 0 radical (unpaired) electrons. The lowest BCUT2D eigenvalue weighted by Crippen LogP contribution is -2.17. The molecule has 1 aliphatic rings. The van der Waals surface area contributed by atoms with Gasteiger partial charge in [0.1, 0.15) is 0 Å². The molecule has 5 aromatic carbocycles. The number of benzene rings is 5. The zero-order valence-electron chi connectivity index (χ0n) is 23.1. The fourth-order valence-corrected chi connectivity index (χ4v) is 5.99. The summed E-state index contributed by atoms with van der Waals surface area (Å²) < 4.78 is 0. The SMILES string of the molecule is C=CC1=C(C=C)C(C)(C)c2cc(N(c3cccc(-c4ccccc4)c3)c3cccc(-c4ccccc4)c3)ccc21. The molecule has 1 heteroatoms. The van der Waals surface area contributed by atoms with E-state index in [1.54, 1.807) is 0 Å². The Morgan fingerprint density at radius 3 is 1.52 bits per heavy atom. The normalized spacial score (nSPS) is 13.6. The molecule has 0 N–H and O–H groups in total. The van der Waals surface area contributed by atoms with Gasteiger partial charge in [-0.15, -0.1) is 0 Å². The lowest BCUT2D eigenvalue weighted by molar-refractivity contribution is 0.654. The summed E-state index contributed by atoms with van der Waals surface area (Å²) in [7, 11) is 0. The second-order valence-corrected chi connectivity index (χ2v) is 10.8. The van der Waals surface area contributed by atoms with Gasteiger partial charge in [-0.25, -0.2) is 0 Å². The zero-order chi connectivity index (χ0) is 27.7. The molecule has 0 unspecified atom stereocenters. The second kappa shape index (κ2) is 10.4. The standard InChI is InChI=1S/C39H33N/c1-5-35-36-24-23-34(27-38(36)39(3,4)37(35)6-2)40(32-21-13-19-30(25-32)28-15-9-7-10-16-28)33-22-14-20-31(26-33)29-17-11-8-12-18-29/h5-27H,1-2H2,3-4H3. The molecule has 0 aliphatic heterocycles. The molecule has 0 fully saturated rings. The van der Waals surface area contributed by atoms with Gasteiger partial charge in [-0.05, 0) is 80.9 Å². The van der Waals surface area contributed by atoms with E-state index in [4.69, 9.17) is 0 Å². The lowest BCUT2D eigenvalue weighted by Gasteiger charge is -2.29. The Labute approximate surface area is 238 Å². The Bertz CT molecular complexity index is 1660. The molecule has 0 saturated heterocycles. The van der Waals surface area contributed by atoms with Crippen LogP contribution in [0.3, 0.4) is 0 Å². The van der Waals surface area contributed by atoms with Crippen molar-refractivity contribution in [1.29, 1.82) is 0 Å². The Balaban J connectivity index is 1.54. The monoisotopic (exact) mass is 515 g/mol. The molecule has 5 aromatic rings. The summed E-state index contributed by atoms with van der Waals surface area (Å²) in [6.07, 6.45) is 3.95. The van der Waals surface area contributed by atoms with Crippen LogP contribution in [-0.4, -0.2) is 0 Å². The number of rotatable bonds is 7. The predicted molar refractivity (Wildman–Crippen MR) is 172 cm³/mol. The Morgan fingerprint density at radius 1 is 0.525 bits per heavy atom. The van der Waals surface area contributed by atoms with Crippen LogP contribution < -0.4 is 4.90 Å². The number of nitrogens with zero attached hydrogens (tertiary/aromatic N) is 1. The van der Waals surface area contributed by atoms with Gasteiger partial charge in [-0.2, -0.15) is 0 Å². The highest BCUT2D eigenvalue weighted by molar-refractivity contribution is 5.90. The molecule has 0 heterocycles. The van der Waals surface area contributed by atoms with Crippen molar-refractivity contribution in [2.24, 2.45) is 0 Å². The van der Waals surface area contributed by atoms with E-state index in [2.05, 4.69) is 159 Å². The molecule has 0 bridgehead atoms. The molecule has 194 valence electrons. The topological polar surface area (TPSA) is 3.24 Å². The molecular weight excluding hydrogens is 482 g/mol. The third-order valence-electron chi connectivity index (χ3n) is 8.02. The van der Waals surface area contributed by atoms with Crippen molar-refractivity contribution in [2.45, 2.75) is 19.3 Å². The van der Waals surface area contributed by atoms with Crippen molar-refractivity contribution in [3.63, 3.8) is 0 Å². The maximum absolute atomic E-state index is 4.13. The highest BCUT2D eigenvalue weighted by Gasteiger charge is 2.35. The maximum atomic E-state index is 4.13. The minimum atomic E-state index is -0.167. The van der Waals surface area contributed by atoms with E-state index in [-0.39, 0.29) is 5.41 Å². The van der Waals surface area contributed by atoms with Crippen LogP contribution in [0.25, 0.3) is 27.8 Å². The first-order valence-electron chi connectivity index (χ1n) is 13.8. The number of allylic oxidation sites excluding steroid dienone is 4. The van der Waals surface area contributed by atoms with E-state index < -0.39 is 0 Å². The van der Waals surface area contributed by atoms with Gasteiger partial charge in [-0.3, -0.25) is 0 Å². The Hall–Kier alpha value is -4.88. The number of hydrogen-bond acceptors (Lipinski definition) is 1. The quantitative estimate of drug-likeness (QED) is 0.208. The van der Waals surface area contributed by atoms with Crippen LogP contribution in [0.1, 0.15) is 25.0 Å². The summed E-state index contributed by atoms with van der Waals surface area (Å²) in [6, 6.07) is 45.6. The Morgan fingerprint density at radius 2 is 1.02 bits per heavy atom. The summed E-state index contributed by atoms with van der Waals surface area (Å²) in [5.41, 5.74) is 12.9. The molecule has 0 atom stereocenters. The van der Waals surface area contributed by atoms with Crippen LogP contribution in [0.4, 0.5) is 17.1 Å². The van der Waals surface area contributed by atoms with Crippen LogP contribution in [0.15, 0.2) is 158 Å². The van der Waals surface area contributed by atoms with Crippen LogP contribution in [0, 0.1) is 0 Å². The Kier molecular flexibility index (Phi) is 6.58. The van der Waals surface area contributed by atoms with Gasteiger partial charge in [0.2, 0.25) is 0 Å². The maximum Gasteiger partial charge on any atom is 0.0467 e. The van der Waals surface area contributed by atoms with Gasteiger partial charge in [0.15, 0.2) is 0 Å². The van der Waals surface area contributed by atoms with Crippen molar-refractivity contribution < 1.29 is 0 Å². The molecule has 0 saturated carbocycles. The third-order valence-corrected chi connectivity index (χ3v) is 8.02. The van der Waals surface area contributed by atoms with Crippen molar-refractivity contribution >= 4 is 22.6 Å². The van der Waals surface area contributed by atoms with Crippen LogP contribution in [-0.2, 0) is 5.41 Å². The second-order valence-electron chi connectivity index (χ2n) is 10.8. The van der Waals surface area contributed by atoms with Crippen LogP contribution in [0.2, 0.25) is 0 Å². The van der Waals surface area contributed by atoms with Gasteiger partial charge in [-0.1, -0.05) is 130 Å². The highest BCUT2D eigenvalue weighted by Crippen LogP contribution is 2.49. The third kappa shape index (κ3) is 4.40. The van der Waals surface area contributed by atoms with E-state index in [0.717, 1.165) is 17.1 Å². The minimum Gasteiger partial charge on any atom is -0.310 e. The first kappa shape index (κ1) is 25.4. The van der Waals surface area contributed by atoms with Crippen molar-refractivity contribution in [2.75, 3.05) is 4.90 Å². The van der Waals surface area contributed by atoms with Gasteiger partial charge < -0.3 is 4.90 Å². The first-order chi connectivity index (χ1) is 19.5. The minimum absolute atomic E-state index is 0.167. The fraction of sp³-hybridized carbons (Fsp3) is 0.0769. The molecule has 40 heavy (non-hydrogen) atoms.